The van der Waals surface area contributed by atoms with Gasteiger partial charge in [-0.05, 0) is 37.1 Å². The summed E-state index contributed by atoms with van der Waals surface area (Å²) in [5, 5.41) is 3.48. The maximum atomic E-state index is 5.74. The number of nitrogens with one attached hydrogen (secondary N) is 2. The number of nitrogens with zero attached hydrogens (tertiary/aromatic N) is 1. The molecule has 90 valence electrons. The Balaban J connectivity index is 2.19. The van der Waals surface area contributed by atoms with Crippen LogP contribution >= 0.6 is 0 Å². The third kappa shape index (κ3) is 2.58. The highest BCUT2D eigenvalue weighted by Gasteiger charge is 2.12. The molecule has 1 heterocycles. The number of aromatic amines is 1. The average Bonchev–Trinajstić information content (AvgIpc) is 2.81. The van der Waals surface area contributed by atoms with Crippen LogP contribution in [0.3, 0.4) is 0 Å². The fraction of sp³-hybridized carbons (Fsp3) is 0.308. The van der Waals surface area contributed by atoms with E-state index in [1.54, 1.807) is 6.20 Å². The van der Waals surface area contributed by atoms with Crippen LogP contribution in [0.2, 0.25) is 0 Å². The van der Waals surface area contributed by atoms with Gasteiger partial charge in [0.25, 0.3) is 0 Å². The molecule has 0 saturated heterocycles. The summed E-state index contributed by atoms with van der Waals surface area (Å²) in [6, 6.07) is 6.09. The maximum absolute atomic E-state index is 5.74. The molecule has 0 saturated carbocycles. The Hall–Kier alpha value is -1.97. The number of aryl methyl sites for hydroxylation is 1. The molecule has 4 N–H and O–H groups in total. The van der Waals surface area contributed by atoms with Gasteiger partial charge in [-0.25, -0.2) is 4.98 Å². The van der Waals surface area contributed by atoms with E-state index >= 15 is 0 Å². The van der Waals surface area contributed by atoms with Gasteiger partial charge in [0.15, 0.2) is 0 Å². The minimum absolute atomic E-state index is 0.201. The topological polar surface area (TPSA) is 66.7 Å². The molecule has 4 heteroatoms. The van der Waals surface area contributed by atoms with Gasteiger partial charge in [0.2, 0.25) is 0 Å². The number of anilines is 2. The van der Waals surface area contributed by atoms with E-state index in [0.717, 1.165) is 29.2 Å². The van der Waals surface area contributed by atoms with Crippen molar-refractivity contribution < 1.29 is 0 Å². The van der Waals surface area contributed by atoms with Crippen molar-refractivity contribution in [3.8, 4) is 0 Å². The molecule has 0 aliphatic rings. The largest absolute Gasteiger partial charge is 0.399 e. The van der Waals surface area contributed by atoms with Crippen molar-refractivity contribution >= 4 is 11.4 Å². The van der Waals surface area contributed by atoms with Crippen molar-refractivity contribution in [2.45, 2.75) is 26.3 Å². The van der Waals surface area contributed by atoms with Crippen LogP contribution in [0.25, 0.3) is 0 Å². The Morgan fingerprint density at radius 3 is 2.88 bits per heavy atom. The Kier molecular flexibility index (Phi) is 3.32. The van der Waals surface area contributed by atoms with Crippen molar-refractivity contribution in [2.24, 2.45) is 0 Å². The van der Waals surface area contributed by atoms with Gasteiger partial charge in [-0.15, -0.1) is 0 Å². The smallest absolute Gasteiger partial charge is 0.128 e. The first kappa shape index (κ1) is 11.5. The van der Waals surface area contributed by atoms with Crippen LogP contribution in [-0.4, -0.2) is 9.97 Å². The predicted octanol–water partition coefficient (Wildman–Crippen LogP) is 2.86. The van der Waals surface area contributed by atoms with E-state index in [9.17, 15) is 0 Å². The average molecular weight is 230 g/mol. The zero-order valence-electron chi connectivity index (χ0n) is 10.2. The van der Waals surface area contributed by atoms with E-state index in [4.69, 9.17) is 5.73 Å². The molecule has 0 radical (unpaired) electrons. The van der Waals surface area contributed by atoms with Gasteiger partial charge in [-0.1, -0.05) is 6.92 Å². The van der Waals surface area contributed by atoms with E-state index < -0.39 is 0 Å². The molecule has 1 atom stereocenters. The normalized spacial score (nSPS) is 12.4. The van der Waals surface area contributed by atoms with Crippen molar-refractivity contribution in [3.63, 3.8) is 0 Å². The first-order valence-electron chi connectivity index (χ1n) is 5.82. The predicted molar refractivity (Wildman–Crippen MR) is 70.8 cm³/mol. The van der Waals surface area contributed by atoms with Gasteiger partial charge >= 0.3 is 0 Å². The molecule has 0 amide bonds. The van der Waals surface area contributed by atoms with Crippen molar-refractivity contribution in [2.75, 3.05) is 11.1 Å². The van der Waals surface area contributed by atoms with Gasteiger partial charge in [-0.2, -0.15) is 0 Å². The maximum Gasteiger partial charge on any atom is 0.128 e. The lowest BCUT2D eigenvalue weighted by atomic mass is 10.1. The summed E-state index contributed by atoms with van der Waals surface area (Å²) in [6.45, 7) is 4.18. The summed E-state index contributed by atoms with van der Waals surface area (Å²) in [6.07, 6.45) is 4.59. The van der Waals surface area contributed by atoms with Gasteiger partial charge in [0.05, 0.1) is 6.04 Å². The van der Waals surface area contributed by atoms with Crippen molar-refractivity contribution in [3.05, 3.63) is 42.0 Å². The Bertz CT molecular complexity index is 476. The molecule has 0 spiro atoms. The second-order valence-electron chi connectivity index (χ2n) is 4.15. The van der Waals surface area contributed by atoms with Crippen LogP contribution in [0.15, 0.2) is 30.6 Å². The SMILES string of the molecule is CCC(Nc1ccc(N)cc1C)c1ncc[nH]1. The summed E-state index contributed by atoms with van der Waals surface area (Å²) in [4.78, 5) is 7.43. The number of rotatable bonds is 4. The Morgan fingerprint density at radius 1 is 1.47 bits per heavy atom. The minimum atomic E-state index is 0.201. The van der Waals surface area contributed by atoms with Crippen LogP contribution in [0, 0.1) is 6.92 Å². The monoisotopic (exact) mass is 230 g/mol. The molecule has 0 bridgehead atoms. The second-order valence-corrected chi connectivity index (χ2v) is 4.15. The molecule has 0 fully saturated rings. The zero-order chi connectivity index (χ0) is 12.3. The van der Waals surface area contributed by atoms with E-state index in [-0.39, 0.29) is 6.04 Å². The van der Waals surface area contributed by atoms with Crippen molar-refractivity contribution in [1.29, 1.82) is 0 Å². The lowest BCUT2D eigenvalue weighted by Gasteiger charge is -2.18. The third-order valence-corrected chi connectivity index (χ3v) is 2.84. The van der Waals surface area contributed by atoms with E-state index in [1.807, 2.05) is 31.3 Å². The summed E-state index contributed by atoms with van der Waals surface area (Å²) >= 11 is 0. The van der Waals surface area contributed by atoms with Crippen LogP contribution in [0.5, 0.6) is 0 Å². The van der Waals surface area contributed by atoms with Gasteiger partial charge in [0, 0.05) is 23.8 Å². The van der Waals surface area contributed by atoms with Crippen LogP contribution in [0.4, 0.5) is 11.4 Å². The summed E-state index contributed by atoms with van der Waals surface area (Å²) < 4.78 is 0. The lowest BCUT2D eigenvalue weighted by Crippen LogP contribution is -2.12. The highest BCUT2D eigenvalue weighted by molar-refractivity contribution is 5.58. The first-order valence-corrected chi connectivity index (χ1v) is 5.82. The molecule has 0 aliphatic heterocycles. The molecule has 1 unspecified atom stereocenters. The summed E-state index contributed by atoms with van der Waals surface area (Å²) in [7, 11) is 0. The molecule has 1 aromatic heterocycles. The summed E-state index contributed by atoms with van der Waals surface area (Å²) in [5.74, 6) is 0.962. The van der Waals surface area contributed by atoms with Crippen molar-refractivity contribution in [1.82, 2.24) is 9.97 Å². The molecule has 4 nitrogen and oxygen atoms in total. The molecule has 1 aromatic carbocycles. The number of nitrogens with two attached hydrogens (primary N) is 1. The highest BCUT2D eigenvalue weighted by atomic mass is 15.0. The lowest BCUT2D eigenvalue weighted by molar-refractivity contribution is 0.703. The number of hydrogen-bond donors (Lipinski definition) is 3. The number of imidazole rings is 1. The van der Waals surface area contributed by atoms with Crippen LogP contribution in [-0.2, 0) is 0 Å². The van der Waals surface area contributed by atoms with E-state index in [1.165, 1.54) is 0 Å². The van der Waals surface area contributed by atoms with Crippen LogP contribution < -0.4 is 11.1 Å². The second kappa shape index (κ2) is 4.91. The fourth-order valence-electron chi connectivity index (χ4n) is 1.87. The molecular formula is C13H18N4. The third-order valence-electron chi connectivity index (χ3n) is 2.84. The molecular weight excluding hydrogens is 212 g/mol. The van der Waals surface area contributed by atoms with Gasteiger partial charge in [-0.3, -0.25) is 0 Å². The molecule has 0 aliphatic carbocycles. The quantitative estimate of drug-likeness (QED) is 0.707. The number of benzene rings is 1. The first-order chi connectivity index (χ1) is 8.20. The molecule has 2 aromatic rings. The number of nitrogen functional groups attached to an aromatic ring is 1. The number of H-pyrrole nitrogens is 1. The van der Waals surface area contributed by atoms with Gasteiger partial charge in [0.1, 0.15) is 5.82 Å². The highest BCUT2D eigenvalue weighted by Crippen LogP contribution is 2.24. The van der Waals surface area contributed by atoms with Crippen LogP contribution in [0.1, 0.15) is 30.8 Å². The van der Waals surface area contributed by atoms with E-state index in [2.05, 4.69) is 22.2 Å². The standard InChI is InChI=1S/C13H18N4/c1-3-11(13-15-6-7-16-13)17-12-5-4-10(14)8-9(12)2/h4-8,11,17H,3,14H2,1-2H3,(H,15,16). The Morgan fingerprint density at radius 2 is 2.29 bits per heavy atom. The van der Waals surface area contributed by atoms with E-state index in [0.29, 0.717) is 0 Å². The molecule has 2 rings (SSSR count). The Labute approximate surface area is 101 Å². The number of aromatic nitrogens is 2. The summed E-state index contributed by atoms with van der Waals surface area (Å²) in [5.41, 5.74) is 8.78. The minimum Gasteiger partial charge on any atom is -0.399 e. The fourth-order valence-corrected chi connectivity index (χ4v) is 1.87. The van der Waals surface area contributed by atoms with Gasteiger partial charge < -0.3 is 16.0 Å². The zero-order valence-corrected chi connectivity index (χ0v) is 10.2. The number of hydrogen-bond acceptors (Lipinski definition) is 3. The molecule has 17 heavy (non-hydrogen) atoms.